The molecule has 1 heterocycles. The van der Waals surface area contributed by atoms with Crippen LogP contribution in [0, 0.1) is 5.92 Å². The van der Waals surface area contributed by atoms with E-state index in [2.05, 4.69) is 19.1 Å². The normalized spacial score (nSPS) is 26.1. The van der Waals surface area contributed by atoms with Gasteiger partial charge < -0.3 is 4.90 Å². The van der Waals surface area contributed by atoms with Crippen LogP contribution in [0.25, 0.3) is 0 Å². The van der Waals surface area contributed by atoms with E-state index < -0.39 is 0 Å². The van der Waals surface area contributed by atoms with E-state index in [9.17, 15) is 4.79 Å². The van der Waals surface area contributed by atoms with E-state index in [0.29, 0.717) is 6.04 Å². The molecule has 0 aromatic heterocycles. The molecule has 1 fully saturated rings. The number of likely N-dealkylation sites (tertiary alicyclic amines) is 1. The topological polar surface area (TPSA) is 20.3 Å². The van der Waals surface area contributed by atoms with Gasteiger partial charge in [0.05, 0.1) is 12.0 Å². The quantitative estimate of drug-likeness (QED) is 0.653. The smallest absolute Gasteiger partial charge is 0.228 e. The zero-order valence-corrected chi connectivity index (χ0v) is 8.60. The SMILES string of the molecule is CC[C@@H]1C(=O)N(C)[C@H]1c1ccccc1. The first kappa shape index (κ1) is 9.25. The summed E-state index contributed by atoms with van der Waals surface area (Å²) in [6, 6.07) is 10.5. The first-order valence-electron chi connectivity index (χ1n) is 5.07. The van der Waals surface area contributed by atoms with E-state index in [1.54, 1.807) is 0 Å². The summed E-state index contributed by atoms with van der Waals surface area (Å²) in [4.78, 5) is 13.3. The Morgan fingerprint density at radius 1 is 1.29 bits per heavy atom. The molecule has 0 saturated carbocycles. The van der Waals surface area contributed by atoms with Crippen molar-refractivity contribution in [2.45, 2.75) is 19.4 Å². The van der Waals surface area contributed by atoms with Gasteiger partial charge in [0.15, 0.2) is 0 Å². The summed E-state index contributed by atoms with van der Waals surface area (Å²) in [5, 5.41) is 0. The standard InChI is InChI=1S/C12H15NO/c1-3-10-11(13(2)12(10)14)9-7-5-4-6-8-9/h4-8,10-11H,3H2,1-2H3/t10-,11-/m0/s1. The average Bonchev–Trinajstić information content (AvgIpc) is 2.25. The molecule has 1 aromatic carbocycles. The molecule has 2 heteroatoms. The summed E-state index contributed by atoms with van der Waals surface area (Å²) in [5.74, 6) is 0.476. The number of β-lactam (4-membered cyclic amide) rings is 1. The Hall–Kier alpha value is -1.31. The van der Waals surface area contributed by atoms with Crippen molar-refractivity contribution < 1.29 is 4.79 Å². The summed E-state index contributed by atoms with van der Waals surface area (Å²) in [5.41, 5.74) is 1.25. The number of amides is 1. The number of hydrogen-bond donors (Lipinski definition) is 0. The van der Waals surface area contributed by atoms with Crippen molar-refractivity contribution in [1.29, 1.82) is 0 Å². The van der Waals surface area contributed by atoms with Crippen molar-refractivity contribution in [3.05, 3.63) is 35.9 Å². The first-order chi connectivity index (χ1) is 6.75. The monoisotopic (exact) mass is 189 g/mol. The number of nitrogens with zero attached hydrogens (tertiary/aromatic N) is 1. The third-order valence-corrected chi connectivity index (χ3v) is 3.04. The number of hydrogen-bond acceptors (Lipinski definition) is 1. The van der Waals surface area contributed by atoms with Crippen LogP contribution in [0.5, 0.6) is 0 Å². The van der Waals surface area contributed by atoms with Crippen LogP contribution in [-0.2, 0) is 4.79 Å². The van der Waals surface area contributed by atoms with E-state index in [0.717, 1.165) is 6.42 Å². The van der Waals surface area contributed by atoms with Gasteiger partial charge in [-0.3, -0.25) is 4.79 Å². The molecule has 0 radical (unpaired) electrons. The van der Waals surface area contributed by atoms with Crippen molar-refractivity contribution in [2.24, 2.45) is 5.92 Å². The summed E-state index contributed by atoms with van der Waals surface area (Å²) < 4.78 is 0. The van der Waals surface area contributed by atoms with Crippen LogP contribution in [0.4, 0.5) is 0 Å². The second-order valence-corrected chi connectivity index (χ2v) is 3.82. The molecule has 0 spiro atoms. The maximum Gasteiger partial charge on any atom is 0.228 e. The van der Waals surface area contributed by atoms with E-state index in [4.69, 9.17) is 0 Å². The Labute approximate surface area is 84.5 Å². The van der Waals surface area contributed by atoms with E-state index in [-0.39, 0.29) is 11.8 Å². The summed E-state index contributed by atoms with van der Waals surface area (Å²) in [6.45, 7) is 2.07. The van der Waals surface area contributed by atoms with Gasteiger partial charge in [0.2, 0.25) is 5.91 Å². The fourth-order valence-corrected chi connectivity index (χ4v) is 2.23. The van der Waals surface area contributed by atoms with Gasteiger partial charge in [-0.15, -0.1) is 0 Å². The summed E-state index contributed by atoms with van der Waals surface area (Å²) >= 11 is 0. The second kappa shape index (κ2) is 3.45. The lowest BCUT2D eigenvalue weighted by Gasteiger charge is -2.45. The van der Waals surface area contributed by atoms with Gasteiger partial charge in [0.1, 0.15) is 0 Å². The van der Waals surface area contributed by atoms with Crippen LogP contribution in [0.15, 0.2) is 30.3 Å². The molecular formula is C12H15NO. The molecule has 1 amide bonds. The minimum Gasteiger partial charge on any atom is -0.338 e. The second-order valence-electron chi connectivity index (χ2n) is 3.82. The molecule has 0 unspecified atom stereocenters. The highest BCUT2D eigenvalue weighted by atomic mass is 16.2. The number of benzene rings is 1. The Bertz CT molecular complexity index is 333. The fraction of sp³-hybridized carbons (Fsp3) is 0.417. The van der Waals surface area contributed by atoms with Crippen LogP contribution in [0.2, 0.25) is 0 Å². The van der Waals surface area contributed by atoms with E-state index in [1.165, 1.54) is 5.56 Å². The Kier molecular flexibility index (Phi) is 2.28. The van der Waals surface area contributed by atoms with Crippen LogP contribution in [0.3, 0.4) is 0 Å². The fourth-order valence-electron chi connectivity index (χ4n) is 2.23. The Balaban J connectivity index is 2.23. The predicted molar refractivity (Wildman–Crippen MR) is 55.7 cm³/mol. The molecule has 74 valence electrons. The van der Waals surface area contributed by atoms with Gasteiger partial charge in [-0.2, -0.15) is 0 Å². The maximum atomic E-state index is 11.5. The molecule has 1 aliphatic heterocycles. The zero-order valence-electron chi connectivity index (χ0n) is 8.60. The molecule has 1 saturated heterocycles. The number of carbonyl (C=O) groups is 1. The van der Waals surface area contributed by atoms with Gasteiger partial charge in [-0.05, 0) is 12.0 Å². The van der Waals surface area contributed by atoms with Crippen molar-refractivity contribution in [3.63, 3.8) is 0 Å². The van der Waals surface area contributed by atoms with Crippen molar-refractivity contribution in [3.8, 4) is 0 Å². The number of carbonyl (C=O) groups excluding carboxylic acids is 1. The molecule has 2 atom stereocenters. The molecular weight excluding hydrogens is 174 g/mol. The molecule has 0 N–H and O–H groups in total. The minimum atomic E-state index is 0.197. The van der Waals surface area contributed by atoms with Crippen LogP contribution >= 0.6 is 0 Å². The average molecular weight is 189 g/mol. The molecule has 0 aliphatic carbocycles. The van der Waals surface area contributed by atoms with Crippen LogP contribution in [0.1, 0.15) is 24.9 Å². The van der Waals surface area contributed by atoms with Gasteiger partial charge in [0, 0.05) is 7.05 Å². The van der Waals surface area contributed by atoms with Gasteiger partial charge in [-0.1, -0.05) is 37.3 Å². The van der Waals surface area contributed by atoms with Gasteiger partial charge in [-0.25, -0.2) is 0 Å². The molecule has 0 bridgehead atoms. The minimum absolute atomic E-state index is 0.197. The lowest BCUT2D eigenvalue weighted by Crippen LogP contribution is -2.52. The van der Waals surface area contributed by atoms with Gasteiger partial charge in [0.25, 0.3) is 0 Å². The third kappa shape index (κ3) is 1.22. The molecule has 1 aliphatic rings. The highest BCUT2D eigenvalue weighted by molar-refractivity contribution is 5.86. The Morgan fingerprint density at radius 2 is 1.93 bits per heavy atom. The summed E-state index contributed by atoms with van der Waals surface area (Å²) in [7, 11) is 1.88. The third-order valence-electron chi connectivity index (χ3n) is 3.04. The highest BCUT2D eigenvalue weighted by Gasteiger charge is 2.43. The molecule has 2 nitrogen and oxygen atoms in total. The number of rotatable bonds is 2. The summed E-state index contributed by atoms with van der Waals surface area (Å²) in [6.07, 6.45) is 0.933. The van der Waals surface area contributed by atoms with E-state index >= 15 is 0 Å². The van der Waals surface area contributed by atoms with Crippen molar-refractivity contribution >= 4 is 5.91 Å². The van der Waals surface area contributed by atoms with Crippen molar-refractivity contribution in [2.75, 3.05) is 7.05 Å². The van der Waals surface area contributed by atoms with Crippen LogP contribution < -0.4 is 0 Å². The maximum absolute atomic E-state index is 11.5. The predicted octanol–water partition coefficient (Wildman–Crippen LogP) is 2.23. The van der Waals surface area contributed by atoms with Crippen LogP contribution in [-0.4, -0.2) is 17.9 Å². The lowest BCUT2D eigenvalue weighted by molar-refractivity contribution is -0.154. The molecule has 2 rings (SSSR count). The Morgan fingerprint density at radius 3 is 2.50 bits per heavy atom. The molecule has 1 aromatic rings. The zero-order chi connectivity index (χ0) is 10.1. The lowest BCUT2D eigenvalue weighted by atomic mass is 9.81. The van der Waals surface area contributed by atoms with E-state index in [1.807, 2.05) is 30.1 Å². The first-order valence-corrected chi connectivity index (χ1v) is 5.07. The van der Waals surface area contributed by atoms with Crippen molar-refractivity contribution in [1.82, 2.24) is 4.90 Å². The molecule has 14 heavy (non-hydrogen) atoms. The van der Waals surface area contributed by atoms with Gasteiger partial charge >= 0.3 is 0 Å². The highest BCUT2D eigenvalue weighted by Crippen LogP contribution is 2.40. The largest absolute Gasteiger partial charge is 0.338 e.